The molecule has 2 N–H and O–H groups in total. The number of nitrogens with one attached hydrogen (secondary N) is 2. The molecule has 2 aromatic rings. The summed E-state index contributed by atoms with van der Waals surface area (Å²) in [6, 6.07) is 13.9. The van der Waals surface area contributed by atoms with Crippen molar-refractivity contribution in [2.75, 3.05) is 47.4 Å². The van der Waals surface area contributed by atoms with Gasteiger partial charge in [0.15, 0.2) is 5.96 Å². The molecule has 0 atom stereocenters. The normalized spacial score (nSPS) is 11.5. The van der Waals surface area contributed by atoms with Crippen LogP contribution < -0.4 is 15.4 Å². The molecule has 2 rings (SSSR count). The quantitative estimate of drug-likeness (QED) is 0.324. The van der Waals surface area contributed by atoms with Gasteiger partial charge in [-0.25, -0.2) is 0 Å². The molecule has 0 saturated carbocycles. The molecule has 1 heterocycles. The van der Waals surface area contributed by atoms with Gasteiger partial charge in [0.1, 0.15) is 12.4 Å². The maximum atomic E-state index is 5.85. The van der Waals surface area contributed by atoms with Gasteiger partial charge in [-0.05, 0) is 43.3 Å². The van der Waals surface area contributed by atoms with Gasteiger partial charge in [-0.3, -0.25) is 9.98 Å². The van der Waals surface area contributed by atoms with Gasteiger partial charge < -0.3 is 25.0 Å². The number of aromatic nitrogens is 1. The molecule has 1 aromatic carbocycles. The molecule has 0 amide bonds. The topological polar surface area (TPSA) is 71.0 Å². The van der Waals surface area contributed by atoms with E-state index in [9.17, 15) is 0 Å². The minimum atomic E-state index is 0.457. The van der Waals surface area contributed by atoms with Crippen LogP contribution in [0.2, 0.25) is 0 Å². The van der Waals surface area contributed by atoms with E-state index < -0.39 is 0 Å². The van der Waals surface area contributed by atoms with Crippen molar-refractivity contribution < 1.29 is 9.47 Å². The van der Waals surface area contributed by atoms with E-state index >= 15 is 0 Å². The first kappa shape index (κ1) is 22.6. The van der Waals surface area contributed by atoms with Crippen molar-refractivity contribution in [2.45, 2.75) is 19.6 Å². The molecule has 0 fully saturated rings. The fourth-order valence-corrected chi connectivity index (χ4v) is 2.75. The molecule has 0 aliphatic carbocycles. The van der Waals surface area contributed by atoms with Crippen molar-refractivity contribution in [1.82, 2.24) is 20.5 Å². The second-order valence-corrected chi connectivity index (χ2v) is 6.76. The summed E-state index contributed by atoms with van der Waals surface area (Å²) in [4.78, 5) is 10.8. The van der Waals surface area contributed by atoms with E-state index in [-0.39, 0.29) is 0 Å². The molecule has 0 spiro atoms. The van der Waals surface area contributed by atoms with Gasteiger partial charge >= 0.3 is 0 Å². The summed E-state index contributed by atoms with van der Waals surface area (Å²) < 4.78 is 10.9. The summed E-state index contributed by atoms with van der Waals surface area (Å²) in [7, 11) is 5.63. The van der Waals surface area contributed by atoms with E-state index in [1.54, 1.807) is 20.4 Å². The van der Waals surface area contributed by atoms with Crippen LogP contribution in [0.5, 0.6) is 5.75 Å². The molecule has 158 valence electrons. The van der Waals surface area contributed by atoms with Crippen LogP contribution in [-0.4, -0.2) is 63.3 Å². The number of rotatable bonds is 12. The summed E-state index contributed by atoms with van der Waals surface area (Å²) in [5.41, 5.74) is 2.04. The third-order valence-corrected chi connectivity index (χ3v) is 4.37. The van der Waals surface area contributed by atoms with Crippen molar-refractivity contribution in [3.05, 3.63) is 59.9 Å². The van der Waals surface area contributed by atoms with Crippen LogP contribution >= 0.6 is 0 Å². The number of hydrogen-bond acceptors (Lipinski definition) is 5. The van der Waals surface area contributed by atoms with Gasteiger partial charge in [-0.2, -0.15) is 0 Å². The van der Waals surface area contributed by atoms with Gasteiger partial charge in [0.25, 0.3) is 0 Å². The molecule has 0 unspecified atom stereocenters. The summed E-state index contributed by atoms with van der Waals surface area (Å²) in [5.74, 6) is 1.62. The van der Waals surface area contributed by atoms with Crippen LogP contribution in [0.3, 0.4) is 0 Å². The summed E-state index contributed by atoms with van der Waals surface area (Å²) in [5, 5.41) is 6.69. The first-order chi connectivity index (χ1) is 14.2. The molecule has 0 radical (unpaired) electrons. The Kier molecular flexibility index (Phi) is 10.6. The van der Waals surface area contributed by atoms with E-state index in [4.69, 9.17) is 9.47 Å². The Labute approximate surface area is 174 Å². The lowest BCUT2D eigenvalue weighted by Crippen LogP contribution is -2.40. The highest BCUT2D eigenvalue weighted by Crippen LogP contribution is 2.14. The number of likely N-dealkylation sites (N-methyl/N-ethyl adjacent to an activating group) is 1. The van der Waals surface area contributed by atoms with Crippen molar-refractivity contribution in [3.63, 3.8) is 0 Å². The van der Waals surface area contributed by atoms with Crippen molar-refractivity contribution >= 4 is 5.96 Å². The van der Waals surface area contributed by atoms with E-state index in [1.807, 2.05) is 36.4 Å². The van der Waals surface area contributed by atoms with Crippen LogP contribution in [0.15, 0.2) is 53.7 Å². The molecule has 7 nitrogen and oxygen atoms in total. The van der Waals surface area contributed by atoms with Crippen LogP contribution in [0.4, 0.5) is 0 Å². The molecule has 7 heteroatoms. The Morgan fingerprint density at radius 3 is 2.79 bits per heavy atom. The Morgan fingerprint density at radius 2 is 2.03 bits per heavy atom. The minimum Gasteiger partial charge on any atom is -0.487 e. The standard InChI is InChI=1S/C22H33N5O2/c1-23-22(25-12-14-27(2)13-7-15-28-3)26-17-19-8-6-10-21(16-19)29-18-20-9-4-5-11-24-20/h4-6,8-11,16H,7,12-15,17-18H2,1-3H3,(H2,23,25,26). The highest BCUT2D eigenvalue weighted by atomic mass is 16.5. The number of methoxy groups -OCH3 is 1. The number of ether oxygens (including phenoxy) is 2. The van der Waals surface area contributed by atoms with E-state index in [2.05, 4.69) is 38.6 Å². The lowest BCUT2D eigenvalue weighted by atomic mass is 10.2. The summed E-state index contributed by atoms with van der Waals surface area (Å²) in [6.45, 7) is 4.72. The molecule has 0 saturated heterocycles. The Hall–Kier alpha value is -2.64. The van der Waals surface area contributed by atoms with Crippen LogP contribution in [0.1, 0.15) is 17.7 Å². The van der Waals surface area contributed by atoms with Crippen molar-refractivity contribution in [3.8, 4) is 5.75 Å². The van der Waals surface area contributed by atoms with Crippen molar-refractivity contribution in [1.29, 1.82) is 0 Å². The van der Waals surface area contributed by atoms with Gasteiger partial charge in [-0.1, -0.05) is 18.2 Å². The maximum Gasteiger partial charge on any atom is 0.191 e. The van der Waals surface area contributed by atoms with Gasteiger partial charge in [0, 0.05) is 53.1 Å². The summed E-state index contributed by atoms with van der Waals surface area (Å²) in [6.07, 6.45) is 2.81. The highest BCUT2D eigenvalue weighted by molar-refractivity contribution is 5.79. The lowest BCUT2D eigenvalue weighted by Gasteiger charge is -2.18. The van der Waals surface area contributed by atoms with Crippen LogP contribution in [0, 0.1) is 0 Å². The zero-order valence-electron chi connectivity index (χ0n) is 17.7. The fraction of sp³-hybridized carbons (Fsp3) is 0.455. The van der Waals surface area contributed by atoms with E-state index in [0.717, 1.165) is 55.6 Å². The Bertz CT molecular complexity index is 724. The van der Waals surface area contributed by atoms with Gasteiger partial charge in [-0.15, -0.1) is 0 Å². The molecule has 0 aliphatic rings. The number of aliphatic imine (C=N–C) groups is 1. The van der Waals surface area contributed by atoms with E-state index in [0.29, 0.717) is 13.2 Å². The minimum absolute atomic E-state index is 0.457. The predicted molar refractivity (Wildman–Crippen MR) is 117 cm³/mol. The molecular weight excluding hydrogens is 366 g/mol. The highest BCUT2D eigenvalue weighted by Gasteiger charge is 2.03. The smallest absolute Gasteiger partial charge is 0.191 e. The van der Waals surface area contributed by atoms with Crippen LogP contribution in [-0.2, 0) is 17.9 Å². The third kappa shape index (κ3) is 9.40. The number of benzene rings is 1. The Balaban J connectivity index is 1.72. The second kappa shape index (κ2) is 13.5. The number of pyridine rings is 1. The molecule has 0 bridgehead atoms. The summed E-state index contributed by atoms with van der Waals surface area (Å²) >= 11 is 0. The van der Waals surface area contributed by atoms with E-state index in [1.165, 1.54) is 0 Å². The number of guanidine groups is 1. The average molecular weight is 400 g/mol. The van der Waals surface area contributed by atoms with Gasteiger partial charge in [0.05, 0.1) is 5.69 Å². The molecular formula is C22H33N5O2. The second-order valence-electron chi connectivity index (χ2n) is 6.76. The largest absolute Gasteiger partial charge is 0.487 e. The molecule has 29 heavy (non-hydrogen) atoms. The maximum absolute atomic E-state index is 5.85. The predicted octanol–water partition coefficient (Wildman–Crippen LogP) is 2.29. The lowest BCUT2D eigenvalue weighted by molar-refractivity contribution is 0.180. The fourth-order valence-electron chi connectivity index (χ4n) is 2.75. The van der Waals surface area contributed by atoms with Gasteiger partial charge in [0.2, 0.25) is 0 Å². The molecule has 0 aliphatic heterocycles. The first-order valence-electron chi connectivity index (χ1n) is 9.95. The first-order valence-corrected chi connectivity index (χ1v) is 9.95. The monoisotopic (exact) mass is 399 g/mol. The zero-order chi connectivity index (χ0) is 20.7. The van der Waals surface area contributed by atoms with Crippen LogP contribution in [0.25, 0.3) is 0 Å². The number of nitrogens with zero attached hydrogens (tertiary/aromatic N) is 3. The average Bonchev–Trinajstić information content (AvgIpc) is 2.76. The third-order valence-electron chi connectivity index (χ3n) is 4.37. The molecule has 1 aromatic heterocycles. The zero-order valence-corrected chi connectivity index (χ0v) is 17.7. The Morgan fingerprint density at radius 1 is 1.14 bits per heavy atom. The SMILES string of the molecule is CN=C(NCCN(C)CCCOC)NCc1cccc(OCc2ccccn2)c1. The van der Waals surface area contributed by atoms with Crippen molar-refractivity contribution in [2.24, 2.45) is 4.99 Å². The number of hydrogen-bond donors (Lipinski definition) is 2.